The van der Waals surface area contributed by atoms with Crippen molar-refractivity contribution in [1.29, 1.82) is 4.78 Å². The van der Waals surface area contributed by atoms with Crippen molar-refractivity contribution in [3.05, 3.63) is 54.4 Å². The second-order valence-electron chi connectivity index (χ2n) is 4.80. The van der Waals surface area contributed by atoms with Crippen molar-refractivity contribution in [3.8, 4) is 17.4 Å². The molecule has 3 aromatic rings. The summed E-state index contributed by atoms with van der Waals surface area (Å²) in [5.74, 6) is 1.99. The summed E-state index contributed by atoms with van der Waals surface area (Å²) in [5.41, 5.74) is 1.55. The van der Waals surface area contributed by atoms with E-state index in [9.17, 15) is 4.21 Å². The van der Waals surface area contributed by atoms with Crippen LogP contribution < -0.4 is 9.47 Å². The fourth-order valence-corrected chi connectivity index (χ4v) is 2.63. The van der Waals surface area contributed by atoms with E-state index in [1.807, 2.05) is 18.2 Å². The molecule has 1 heterocycles. The fraction of sp³-hybridized carbons (Fsp3) is 0.125. The SMILES string of the molecule is COc1ccc2c(Oc3ccc(C[S-](=N)=O)cc3)ncnc2c1. The number of fused-ring (bicyclic) bond motifs is 1. The van der Waals surface area contributed by atoms with E-state index in [-0.39, 0.29) is 5.75 Å². The summed E-state index contributed by atoms with van der Waals surface area (Å²) in [5, 5.41) is 0.782. The molecule has 23 heavy (non-hydrogen) atoms. The molecule has 2 aromatic carbocycles. The van der Waals surface area contributed by atoms with E-state index in [1.165, 1.54) is 6.33 Å². The number of nitrogens with zero attached hydrogens (tertiary/aromatic N) is 2. The molecule has 0 fully saturated rings. The Kier molecular flexibility index (Phi) is 4.38. The highest BCUT2D eigenvalue weighted by atomic mass is 32.2. The molecule has 0 saturated heterocycles. The van der Waals surface area contributed by atoms with Gasteiger partial charge in [-0.3, -0.25) is 0 Å². The molecule has 0 aliphatic carbocycles. The Bertz CT molecular complexity index is 900. The van der Waals surface area contributed by atoms with Crippen LogP contribution in [0.15, 0.2) is 48.8 Å². The van der Waals surface area contributed by atoms with Crippen LogP contribution >= 0.6 is 0 Å². The van der Waals surface area contributed by atoms with E-state index in [4.69, 9.17) is 14.3 Å². The van der Waals surface area contributed by atoms with Gasteiger partial charge in [-0.2, -0.15) is 10.6 Å². The molecular formula is C16H14N3O3S-. The maximum absolute atomic E-state index is 10.9. The van der Waals surface area contributed by atoms with Crippen LogP contribution in [0.1, 0.15) is 5.56 Å². The lowest BCUT2D eigenvalue weighted by atomic mass is 10.2. The Morgan fingerprint density at radius 3 is 2.52 bits per heavy atom. The van der Waals surface area contributed by atoms with Gasteiger partial charge in [-0.15, -0.1) is 0 Å². The van der Waals surface area contributed by atoms with Crippen molar-refractivity contribution in [1.82, 2.24) is 9.97 Å². The van der Waals surface area contributed by atoms with Gasteiger partial charge < -0.3 is 18.5 Å². The highest BCUT2D eigenvalue weighted by molar-refractivity contribution is 7.72. The highest BCUT2D eigenvalue weighted by Crippen LogP contribution is 2.28. The Morgan fingerprint density at radius 1 is 1.09 bits per heavy atom. The van der Waals surface area contributed by atoms with E-state index in [1.54, 1.807) is 31.4 Å². The molecule has 0 aliphatic heterocycles. The van der Waals surface area contributed by atoms with E-state index in [0.717, 1.165) is 22.2 Å². The van der Waals surface area contributed by atoms with Gasteiger partial charge in [0.1, 0.15) is 17.8 Å². The van der Waals surface area contributed by atoms with Gasteiger partial charge in [0.25, 0.3) is 0 Å². The third kappa shape index (κ3) is 3.57. The van der Waals surface area contributed by atoms with Gasteiger partial charge >= 0.3 is 0 Å². The standard InChI is InChI=1S/C16H14N3O3S/c1-21-13-6-7-14-15(8-13)18-10-19-16(14)22-12-4-2-11(3-5-12)9-23(17)20/h2-8,10,17H,9H2,1H3/q-1. The number of rotatable bonds is 5. The quantitative estimate of drug-likeness (QED) is 0.722. The lowest BCUT2D eigenvalue weighted by Gasteiger charge is -2.09. The molecule has 0 atom stereocenters. The lowest BCUT2D eigenvalue weighted by molar-refractivity contribution is 0.415. The first-order valence-electron chi connectivity index (χ1n) is 6.81. The van der Waals surface area contributed by atoms with Crippen molar-refractivity contribution in [2.24, 2.45) is 0 Å². The number of benzene rings is 2. The van der Waals surface area contributed by atoms with Crippen LogP contribution in [-0.2, 0) is 20.6 Å². The summed E-state index contributed by atoms with van der Waals surface area (Å²) in [6.45, 7) is 0. The van der Waals surface area contributed by atoms with Crippen LogP contribution in [0.4, 0.5) is 0 Å². The molecule has 0 spiro atoms. The summed E-state index contributed by atoms with van der Waals surface area (Å²) in [6.07, 6.45) is 1.44. The van der Waals surface area contributed by atoms with Gasteiger partial charge in [0, 0.05) is 6.07 Å². The molecule has 0 radical (unpaired) electrons. The molecule has 0 unspecified atom stereocenters. The molecule has 1 N–H and O–H groups in total. The maximum atomic E-state index is 10.9. The zero-order valence-electron chi connectivity index (χ0n) is 12.4. The number of hydrogen-bond acceptors (Lipinski definition) is 7. The minimum absolute atomic E-state index is 0.205. The largest absolute Gasteiger partial charge is 0.497 e. The smallest absolute Gasteiger partial charge is 0.230 e. The van der Waals surface area contributed by atoms with Crippen LogP contribution in [0.3, 0.4) is 0 Å². The molecule has 1 aromatic heterocycles. The topological polar surface area (TPSA) is 85.2 Å². The summed E-state index contributed by atoms with van der Waals surface area (Å²) >= 11 is 0. The van der Waals surface area contributed by atoms with Crippen LogP contribution in [-0.4, -0.2) is 17.1 Å². The summed E-state index contributed by atoms with van der Waals surface area (Å²) in [7, 11) is -0.00384. The lowest BCUT2D eigenvalue weighted by Crippen LogP contribution is -1.93. The van der Waals surface area contributed by atoms with Crippen LogP contribution in [0.2, 0.25) is 0 Å². The third-order valence-corrected chi connectivity index (χ3v) is 3.84. The minimum atomic E-state index is -1.61. The van der Waals surface area contributed by atoms with Gasteiger partial charge in [-0.05, 0) is 24.3 Å². The van der Waals surface area contributed by atoms with Gasteiger partial charge in [0.2, 0.25) is 5.88 Å². The number of methoxy groups -OCH3 is 1. The van der Waals surface area contributed by atoms with E-state index < -0.39 is 10.6 Å². The molecule has 0 saturated carbocycles. The Morgan fingerprint density at radius 2 is 1.83 bits per heavy atom. The van der Waals surface area contributed by atoms with Gasteiger partial charge in [0.15, 0.2) is 0 Å². The average molecular weight is 328 g/mol. The highest BCUT2D eigenvalue weighted by Gasteiger charge is 2.07. The van der Waals surface area contributed by atoms with Crippen molar-refractivity contribution in [2.45, 2.75) is 5.75 Å². The fourth-order valence-electron chi connectivity index (χ4n) is 2.14. The molecule has 0 bridgehead atoms. The normalized spacial score (nSPS) is 10.9. The number of aromatic nitrogens is 2. The second-order valence-corrected chi connectivity index (χ2v) is 5.78. The monoisotopic (exact) mass is 328 g/mol. The maximum Gasteiger partial charge on any atom is 0.230 e. The van der Waals surface area contributed by atoms with Gasteiger partial charge in [0.05, 0.1) is 18.0 Å². The molecular weight excluding hydrogens is 314 g/mol. The molecule has 7 heteroatoms. The Labute approximate surface area is 135 Å². The number of nitrogens with one attached hydrogen (secondary N) is 1. The van der Waals surface area contributed by atoms with Crippen LogP contribution in [0.25, 0.3) is 10.9 Å². The Balaban J connectivity index is 1.89. The van der Waals surface area contributed by atoms with E-state index in [0.29, 0.717) is 11.6 Å². The minimum Gasteiger partial charge on any atom is -0.497 e. The second kappa shape index (κ2) is 6.62. The first kappa shape index (κ1) is 15.2. The van der Waals surface area contributed by atoms with Gasteiger partial charge in [-0.1, -0.05) is 23.4 Å². The summed E-state index contributed by atoms with van der Waals surface area (Å²) < 4.78 is 29.0. The van der Waals surface area contributed by atoms with Crippen LogP contribution in [0, 0.1) is 4.78 Å². The Hall–Kier alpha value is -2.67. The van der Waals surface area contributed by atoms with Crippen molar-refractivity contribution >= 4 is 21.5 Å². The molecule has 0 aliphatic rings. The van der Waals surface area contributed by atoms with Crippen molar-refractivity contribution in [2.75, 3.05) is 7.11 Å². The number of hydrogen-bond donors (Lipinski definition) is 1. The zero-order valence-corrected chi connectivity index (χ0v) is 13.2. The number of ether oxygens (including phenoxy) is 2. The van der Waals surface area contributed by atoms with E-state index in [2.05, 4.69) is 9.97 Å². The summed E-state index contributed by atoms with van der Waals surface area (Å²) in [6, 6.07) is 12.6. The molecule has 0 amide bonds. The predicted octanol–water partition coefficient (Wildman–Crippen LogP) is 3.66. The third-order valence-electron chi connectivity index (χ3n) is 3.24. The first-order valence-corrected chi connectivity index (χ1v) is 8.13. The molecule has 118 valence electrons. The van der Waals surface area contributed by atoms with Gasteiger partial charge in [-0.25, -0.2) is 9.97 Å². The average Bonchev–Trinajstić information content (AvgIpc) is 2.56. The zero-order chi connectivity index (χ0) is 16.2. The first-order chi connectivity index (χ1) is 11.2. The molecule has 6 nitrogen and oxygen atoms in total. The van der Waals surface area contributed by atoms with E-state index >= 15 is 0 Å². The van der Waals surface area contributed by atoms with Crippen molar-refractivity contribution in [3.63, 3.8) is 0 Å². The van der Waals surface area contributed by atoms with Crippen LogP contribution in [0.5, 0.6) is 17.4 Å². The molecule has 3 rings (SSSR count). The van der Waals surface area contributed by atoms with Crippen molar-refractivity contribution < 1.29 is 13.7 Å². The summed E-state index contributed by atoms with van der Waals surface area (Å²) in [4.78, 5) is 8.39. The predicted molar refractivity (Wildman–Crippen MR) is 87.1 cm³/mol.